The van der Waals surface area contributed by atoms with E-state index >= 15 is 8.78 Å². The van der Waals surface area contributed by atoms with Gasteiger partial charge in [-0.1, -0.05) is 0 Å². The number of nitrogens with zero attached hydrogens (tertiary/aromatic N) is 7. The van der Waals surface area contributed by atoms with Crippen LogP contribution in [0, 0.1) is 11.3 Å². The molecule has 0 saturated carbocycles. The van der Waals surface area contributed by atoms with Gasteiger partial charge >= 0.3 is 238 Å². The van der Waals surface area contributed by atoms with E-state index in [1.165, 1.54) is 18.1 Å². The number of piperidine rings is 1. The van der Waals surface area contributed by atoms with Gasteiger partial charge in [-0.2, -0.15) is 0 Å². The van der Waals surface area contributed by atoms with Crippen molar-refractivity contribution in [2.45, 2.75) is 24.5 Å². The molecule has 2 aromatic carbocycles. The maximum absolute atomic E-state index is 15.1. The normalized spacial score (nSPS) is 20.2. The van der Waals surface area contributed by atoms with Crippen molar-refractivity contribution in [1.82, 2.24) is 29.7 Å². The Morgan fingerprint density at radius 1 is 1.06 bits per heavy atom. The Bertz CT molecular complexity index is 1760. The first-order valence-corrected chi connectivity index (χ1v) is 17.3. The summed E-state index contributed by atoms with van der Waals surface area (Å²) in [6, 6.07) is 19.1. The Kier molecular flexibility index (Phi) is 8.90. The second kappa shape index (κ2) is 13.4. The molecular formula is C33H32AsF2N8O3. The number of amides is 1. The van der Waals surface area contributed by atoms with Gasteiger partial charge in [0.1, 0.15) is 5.69 Å². The number of nitriles is 1. The van der Waals surface area contributed by atoms with Crippen LogP contribution in [-0.2, 0) is 4.74 Å². The molecule has 5 heterocycles. The molecule has 1 amide bonds. The number of ether oxygens (including phenoxy) is 2. The second-order valence-electron chi connectivity index (χ2n) is 11.7. The number of aromatic amines is 1. The van der Waals surface area contributed by atoms with Crippen LogP contribution in [0.4, 0.5) is 14.5 Å². The first kappa shape index (κ1) is 31.2. The molecule has 47 heavy (non-hydrogen) atoms. The van der Waals surface area contributed by atoms with E-state index in [0.717, 1.165) is 48.6 Å². The molecule has 3 aliphatic heterocycles. The van der Waals surface area contributed by atoms with E-state index < -0.39 is 40.2 Å². The fourth-order valence-electron chi connectivity index (χ4n) is 6.00. The van der Waals surface area contributed by atoms with E-state index in [2.05, 4.69) is 60.1 Å². The topological polar surface area (TPSA) is 124 Å². The van der Waals surface area contributed by atoms with Crippen LogP contribution in [0.5, 0.6) is 5.75 Å². The first-order chi connectivity index (χ1) is 22.9. The molecule has 1 unspecified atom stereocenters. The van der Waals surface area contributed by atoms with Gasteiger partial charge in [0.2, 0.25) is 0 Å². The molecule has 241 valence electrons. The summed E-state index contributed by atoms with van der Waals surface area (Å²) in [6.07, 6.45) is 1.45. The van der Waals surface area contributed by atoms with Crippen molar-refractivity contribution in [2.24, 2.45) is 0 Å². The van der Waals surface area contributed by atoms with E-state index in [1.807, 2.05) is 0 Å². The van der Waals surface area contributed by atoms with Crippen molar-refractivity contribution in [3.8, 4) is 23.2 Å². The van der Waals surface area contributed by atoms with Crippen molar-refractivity contribution >= 4 is 36.3 Å². The number of alkyl halides is 2. The van der Waals surface area contributed by atoms with Gasteiger partial charge in [0.25, 0.3) is 5.91 Å². The number of aromatic nitrogens is 4. The molecule has 3 saturated heterocycles. The Morgan fingerprint density at radius 2 is 1.87 bits per heavy atom. The summed E-state index contributed by atoms with van der Waals surface area (Å²) in [4.78, 5) is 34.7. The molecule has 0 spiro atoms. The molecular weight excluding hydrogens is 669 g/mol. The molecule has 1 radical (unpaired) electrons. The number of carbonyl (C=O) groups excluding carboxylic acids is 1. The van der Waals surface area contributed by atoms with Gasteiger partial charge in [-0.25, -0.2) is 0 Å². The van der Waals surface area contributed by atoms with Crippen molar-refractivity contribution in [1.29, 1.82) is 5.26 Å². The monoisotopic (exact) mass is 701 g/mol. The molecule has 3 fully saturated rings. The Balaban J connectivity index is 0.983. The maximum atomic E-state index is 15.1. The molecule has 14 heteroatoms. The zero-order valence-corrected chi connectivity index (χ0v) is 27.3. The molecule has 0 bridgehead atoms. The number of H-pyrrole nitrogens is 1. The minimum atomic E-state index is -3.31. The van der Waals surface area contributed by atoms with Crippen LogP contribution in [0.15, 0.2) is 67.1 Å². The number of piperazine rings is 1. The SMILES string of the molecule is N#Cc1cc(-c2ncnc([As]c3ccc(N4CCN(C5COC5)CC4)cc3)n2)ccc1OC1CCN(C(=O)c2ccc[nH]2)CC1(F)F. The van der Waals surface area contributed by atoms with E-state index in [0.29, 0.717) is 22.0 Å². The van der Waals surface area contributed by atoms with E-state index in [4.69, 9.17) is 9.47 Å². The second-order valence-corrected chi connectivity index (χ2v) is 14.1. The van der Waals surface area contributed by atoms with Crippen LogP contribution in [0.1, 0.15) is 22.5 Å². The van der Waals surface area contributed by atoms with Crippen molar-refractivity contribution in [3.63, 3.8) is 0 Å². The van der Waals surface area contributed by atoms with E-state index in [-0.39, 0.29) is 30.0 Å². The van der Waals surface area contributed by atoms with Gasteiger partial charge in [0, 0.05) is 6.20 Å². The number of rotatable bonds is 8. The van der Waals surface area contributed by atoms with Crippen LogP contribution in [-0.4, -0.2) is 122 Å². The fraction of sp³-hybridized carbons (Fsp3) is 0.364. The van der Waals surface area contributed by atoms with E-state index in [9.17, 15) is 10.1 Å². The zero-order chi connectivity index (χ0) is 32.4. The van der Waals surface area contributed by atoms with Gasteiger partial charge < -0.3 is 4.98 Å². The number of anilines is 1. The summed E-state index contributed by atoms with van der Waals surface area (Å²) < 4.78 is 43.1. The number of halogens is 2. The molecule has 11 nitrogen and oxygen atoms in total. The summed E-state index contributed by atoms with van der Waals surface area (Å²) in [6.45, 7) is 5.08. The number of benzene rings is 2. The molecule has 4 aromatic rings. The summed E-state index contributed by atoms with van der Waals surface area (Å²) in [5, 5.41) is 9.85. The predicted octanol–water partition coefficient (Wildman–Crippen LogP) is 1.84. The third kappa shape index (κ3) is 6.86. The Labute approximate surface area is 277 Å². The van der Waals surface area contributed by atoms with Crippen molar-refractivity contribution < 1.29 is 23.0 Å². The average Bonchev–Trinajstić information content (AvgIpc) is 3.61. The minimum absolute atomic E-state index is 0.0456. The standard InChI is InChI=1S/C33H32AsF2N8O3/c35-33(36)20-44(31(45)27-2-1-10-38-27)11-9-29(33)47-28-8-3-22(16-23(28)17-37)30-39-21-40-32(41-30)34-24-4-6-25(7-5-24)42-12-14-43(15-13-42)26-18-46-19-26/h1-8,10,16,21,26,29,38H,9,11-15,18-20H2. The molecule has 2 aromatic heterocycles. The van der Waals surface area contributed by atoms with Crippen molar-refractivity contribution in [3.05, 3.63) is 78.4 Å². The van der Waals surface area contributed by atoms with Gasteiger partial charge in [-0.15, -0.1) is 0 Å². The van der Waals surface area contributed by atoms with Gasteiger partial charge in [-0.3, -0.25) is 4.79 Å². The number of likely N-dealkylation sites (tertiary alicyclic amines) is 1. The third-order valence-corrected chi connectivity index (χ3v) is 10.8. The Morgan fingerprint density at radius 3 is 2.55 bits per heavy atom. The van der Waals surface area contributed by atoms with Crippen molar-refractivity contribution in [2.75, 3.05) is 57.4 Å². The summed E-state index contributed by atoms with van der Waals surface area (Å²) >= 11 is -0.515. The predicted molar refractivity (Wildman–Crippen MR) is 171 cm³/mol. The number of hydrogen-bond donors (Lipinski definition) is 1. The average molecular weight is 702 g/mol. The van der Waals surface area contributed by atoms with Crippen LogP contribution in [0.3, 0.4) is 0 Å². The molecule has 1 N–H and O–H groups in total. The molecule has 0 aliphatic carbocycles. The van der Waals surface area contributed by atoms with Gasteiger partial charge in [0.05, 0.1) is 0 Å². The van der Waals surface area contributed by atoms with Crippen LogP contribution >= 0.6 is 0 Å². The number of nitrogens with one attached hydrogen (secondary N) is 1. The van der Waals surface area contributed by atoms with Crippen LogP contribution in [0.25, 0.3) is 11.4 Å². The third-order valence-electron chi connectivity index (χ3n) is 8.73. The van der Waals surface area contributed by atoms with Crippen LogP contribution in [0.2, 0.25) is 0 Å². The van der Waals surface area contributed by atoms with Gasteiger partial charge in [0.15, 0.2) is 0 Å². The molecule has 1 atom stereocenters. The summed E-state index contributed by atoms with van der Waals surface area (Å²) in [5.41, 5.74) is 2.11. The summed E-state index contributed by atoms with van der Waals surface area (Å²) in [7, 11) is 0. The molecule has 3 aliphatic rings. The van der Waals surface area contributed by atoms with Crippen LogP contribution < -0.4 is 18.6 Å². The summed E-state index contributed by atoms with van der Waals surface area (Å²) in [5.74, 6) is -3.36. The van der Waals surface area contributed by atoms with E-state index in [1.54, 1.807) is 30.5 Å². The fourth-order valence-corrected chi connectivity index (χ4v) is 7.64. The first-order valence-electron chi connectivity index (χ1n) is 15.5. The number of carbonyl (C=O) groups is 1. The number of hydrogen-bond acceptors (Lipinski definition) is 9. The zero-order valence-electron chi connectivity index (χ0n) is 25.4. The van der Waals surface area contributed by atoms with Gasteiger partial charge in [-0.05, 0) is 12.1 Å². The Hall–Kier alpha value is -4.37. The molecule has 7 rings (SSSR count). The quantitative estimate of drug-likeness (QED) is 0.275.